The van der Waals surface area contributed by atoms with Crippen LogP contribution < -0.4 is 0 Å². The van der Waals surface area contributed by atoms with Crippen molar-refractivity contribution in [3.05, 3.63) is 0 Å². The van der Waals surface area contributed by atoms with Gasteiger partial charge in [-0.25, -0.2) is 0 Å². The Labute approximate surface area is 120 Å². The Balaban J connectivity index is 2.94. The van der Waals surface area contributed by atoms with Crippen molar-refractivity contribution >= 4 is 11.9 Å². The summed E-state index contributed by atoms with van der Waals surface area (Å²) in [6.45, 7) is 6.36. The molecule has 0 aliphatic carbocycles. The van der Waals surface area contributed by atoms with Crippen molar-refractivity contribution in [2.75, 3.05) is 13.2 Å². The number of carboxylic acid groups (broad SMARTS) is 1. The molecule has 20 heavy (non-hydrogen) atoms. The minimum Gasteiger partial charge on any atom is -0.480 e. The zero-order valence-electron chi connectivity index (χ0n) is 12.7. The number of rotatable bonds is 7. The quantitative estimate of drug-likeness (QED) is 0.575. The highest BCUT2D eigenvalue weighted by atomic mass is 16.5. The largest absolute Gasteiger partial charge is 0.480 e. The molecule has 2 unspecified atom stereocenters. The molecule has 1 rings (SSSR count). The minimum absolute atomic E-state index is 0.0964. The lowest BCUT2D eigenvalue weighted by molar-refractivity contribution is -0.174. The van der Waals surface area contributed by atoms with Crippen LogP contribution in [0.4, 0.5) is 0 Å². The van der Waals surface area contributed by atoms with Gasteiger partial charge in [-0.3, -0.25) is 9.59 Å². The topological polar surface area (TPSA) is 72.8 Å². The maximum absolute atomic E-state index is 12.3. The molecule has 0 amide bonds. The normalized spacial score (nSPS) is 22.3. The zero-order valence-corrected chi connectivity index (χ0v) is 12.7. The van der Waals surface area contributed by atoms with Crippen LogP contribution in [0, 0.1) is 11.3 Å². The molecular weight excluding hydrogens is 260 g/mol. The van der Waals surface area contributed by atoms with Crippen molar-refractivity contribution < 1.29 is 24.2 Å². The maximum Gasteiger partial charge on any atom is 0.323 e. The number of hydrogen-bond donors (Lipinski definition) is 1. The summed E-state index contributed by atoms with van der Waals surface area (Å²) < 4.78 is 10.7. The van der Waals surface area contributed by atoms with Gasteiger partial charge in [0.1, 0.15) is 0 Å². The Hall–Kier alpha value is -1.10. The standard InChI is InChI=1S/C15H26O5/c1-4-19-14(18)15(13(16)17,9-11(2)3)10-12-7-5-6-8-20-12/h11-12H,4-10H2,1-3H3,(H,16,17). The lowest BCUT2D eigenvalue weighted by atomic mass is 9.74. The molecule has 0 saturated carbocycles. The fourth-order valence-corrected chi connectivity index (χ4v) is 2.84. The van der Waals surface area contributed by atoms with Gasteiger partial charge >= 0.3 is 11.9 Å². The van der Waals surface area contributed by atoms with Gasteiger partial charge < -0.3 is 14.6 Å². The molecule has 5 heteroatoms. The van der Waals surface area contributed by atoms with Gasteiger partial charge in [-0.15, -0.1) is 0 Å². The number of hydrogen-bond acceptors (Lipinski definition) is 4. The summed E-state index contributed by atoms with van der Waals surface area (Å²) in [6, 6.07) is 0. The van der Waals surface area contributed by atoms with Crippen LogP contribution in [0.2, 0.25) is 0 Å². The summed E-state index contributed by atoms with van der Waals surface area (Å²) in [6.07, 6.45) is 3.15. The van der Waals surface area contributed by atoms with E-state index >= 15 is 0 Å². The van der Waals surface area contributed by atoms with Crippen molar-refractivity contribution in [1.29, 1.82) is 0 Å². The van der Waals surface area contributed by atoms with Crippen LogP contribution in [0.1, 0.15) is 52.9 Å². The van der Waals surface area contributed by atoms with Gasteiger partial charge in [0.15, 0.2) is 5.41 Å². The Bertz CT molecular complexity index is 333. The highest BCUT2D eigenvalue weighted by Gasteiger charge is 2.49. The molecule has 0 spiro atoms. The molecule has 1 saturated heterocycles. The van der Waals surface area contributed by atoms with E-state index in [9.17, 15) is 14.7 Å². The van der Waals surface area contributed by atoms with Crippen molar-refractivity contribution in [2.24, 2.45) is 11.3 Å². The summed E-state index contributed by atoms with van der Waals surface area (Å²) >= 11 is 0. The lowest BCUT2D eigenvalue weighted by Gasteiger charge is -2.33. The Morgan fingerprint density at radius 3 is 2.55 bits per heavy atom. The Morgan fingerprint density at radius 1 is 1.40 bits per heavy atom. The van der Waals surface area contributed by atoms with Crippen LogP contribution >= 0.6 is 0 Å². The number of esters is 1. The second-order valence-corrected chi connectivity index (χ2v) is 5.90. The Morgan fingerprint density at radius 2 is 2.10 bits per heavy atom. The molecule has 0 radical (unpaired) electrons. The van der Waals surface area contributed by atoms with Gasteiger partial charge in [-0.1, -0.05) is 13.8 Å². The van der Waals surface area contributed by atoms with E-state index in [1.807, 2.05) is 13.8 Å². The average molecular weight is 286 g/mol. The zero-order chi connectivity index (χ0) is 15.2. The van der Waals surface area contributed by atoms with Gasteiger partial charge in [-0.2, -0.15) is 0 Å². The third-order valence-electron chi connectivity index (χ3n) is 3.68. The number of aliphatic carboxylic acids is 1. The molecule has 1 aliphatic rings. The van der Waals surface area contributed by atoms with Crippen molar-refractivity contribution in [1.82, 2.24) is 0 Å². The van der Waals surface area contributed by atoms with Crippen LogP contribution in [-0.2, 0) is 19.1 Å². The van der Waals surface area contributed by atoms with E-state index in [0.717, 1.165) is 19.3 Å². The van der Waals surface area contributed by atoms with Crippen LogP contribution in [0.15, 0.2) is 0 Å². The van der Waals surface area contributed by atoms with E-state index in [0.29, 0.717) is 6.61 Å². The molecule has 1 fully saturated rings. The van der Waals surface area contributed by atoms with Crippen molar-refractivity contribution in [3.8, 4) is 0 Å². The van der Waals surface area contributed by atoms with Gasteiger partial charge in [0, 0.05) is 13.0 Å². The number of ether oxygens (including phenoxy) is 2. The monoisotopic (exact) mass is 286 g/mol. The first-order valence-electron chi connectivity index (χ1n) is 7.44. The van der Waals surface area contributed by atoms with E-state index in [4.69, 9.17) is 9.47 Å². The van der Waals surface area contributed by atoms with Gasteiger partial charge in [0.2, 0.25) is 0 Å². The van der Waals surface area contributed by atoms with E-state index in [1.165, 1.54) is 0 Å². The summed E-state index contributed by atoms with van der Waals surface area (Å²) in [5.74, 6) is -1.63. The van der Waals surface area contributed by atoms with Gasteiger partial charge in [-0.05, 0) is 38.5 Å². The molecule has 2 atom stereocenters. The first-order valence-corrected chi connectivity index (χ1v) is 7.44. The minimum atomic E-state index is -1.48. The predicted molar refractivity (Wildman–Crippen MR) is 74.4 cm³/mol. The molecule has 1 heterocycles. The summed E-state index contributed by atoms with van der Waals surface area (Å²) in [7, 11) is 0. The van der Waals surface area contributed by atoms with Crippen LogP contribution in [0.5, 0.6) is 0 Å². The maximum atomic E-state index is 12.3. The fourth-order valence-electron chi connectivity index (χ4n) is 2.84. The van der Waals surface area contributed by atoms with Gasteiger partial charge in [0.05, 0.1) is 12.7 Å². The van der Waals surface area contributed by atoms with E-state index in [2.05, 4.69) is 0 Å². The van der Waals surface area contributed by atoms with E-state index in [1.54, 1.807) is 6.92 Å². The SMILES string of the molecule is CCOC(=O)C(CC(C)C)(CC1CCCCO1)C(=O)O. The predicted octanol–water partition coefficient (Wildman–Crippen LogP) is 2.63. The highest BCUT2D eigenvalue weighted by Crippen LogP contribution is 2.36. The fraction of sp³-hybridized carbons (Fsp3) is 0.867. The molecule has 116 valence electrons. The average Bonchev–Trinajstić information content (AvgIpc) is 2.38. The lowest BCUT2D eigenvalue weighted by Crippen LogP contribution is -2.45. The number of carboxylic acids is 1. The van der Waals surface area contributed by atoms with Gasteiger partial charge in [0.25, 0.3) is 0 Å². The first kappa shape index (κ1) is 17.0. The third-order valence-corrected chi connectivity index (χ3v) is 3.68. The third kappa shape index (κ3) is 4.20. The molecular formula is C15H26O5. The molecule has 0 aromatic heterocycles. The molecule has 0 aromatic rings. The molecule has 0 bridgehead atoms. The second kappa shape index (κ2) is 7.62. The highest BCUT2D eigenvalue weighted by molar-refractivity contribution is 5.99. The Kier molecular flexibility index (Phi) is 6.46. The summed E-state index contributed by atoms with van der Waals surface area (Å²) in [4.78, 5) is 24.0. The van der Waals surface area contributed by atoms with Crippen LogP contribution in [0.25, 0.3) is 0 Å². The molecule has 1 aliphatic heterocycles. The molecule has 5 nitrogen and oxygen atoms in total. The summed E-state index contributed by atoms with van der Waals surface area (Å²) in [5.41, 5.74) is -1.48. The second-order valence-electron chi connectivity index (χ2n) is 5.90. The van der Waals surface area contributed by atoms with E-state index in [-0.39, 0.29) is 31.5 Å². The molecule has 1 N–H and O–H groups in total. The summed E-state index contributed by atoms with van der Waals surface area (Å²) in [5, 5.41) is 9.64. The van der Waals surface area contributed by atoms with Crippen LogP contribution in [0.3, 0.4) is 0 Å². The van der Waals surface area contributed by atoms with Crippen LogP contribution in [-0.4, -0.2) is 36.4 Å². The number of carbonyl (C=O) groups excluding carboxylic acids is 1. The first-order chi connectivity index (χ1) is 9.42. The number of carbonyl (C=O) groups is 2. The van der Waals surface area contributed by atoms with E-state index < -0.39 is 17.4 Å². The molecule has 0 aromatic carbocycles. The smallest absolute Gasteiger partial charge is 0.323 e. The van der Waals surface area contributed by atoms with Crippen molar-refractivity contribution in [2.45, 2.75) is 59.0 Å². The van der Waals surface area contributed by atoms with Crippen molar-refractivity contribution in [3.63, 3.8) is 0 Å².